The van der Waals surface area contributed by atoms with Gasteiger partial charge in [0, 0.05) is 6.42 Å². The molecule has 0 aromatic carbocycles. The van der Waals surface area contributed by atoms with Crippen LogP contribution in [-0.2, 0) is 0 Å². The van der Waals surface area contributed by atoms with Crippen molar-refractivity contribution in [2.24, 2.45) is 0 Å². The van der Waals surface area contributed by atoms with Gasteiger partial charge in [-0.3, -0.25) is 0 Å². The van der Waals surface area contributed by atoms with Crippen molar-refractivity contribution in [2.75, 3.05) is 0 Å². The van der Waals surface area contributed by atoms with Crippen molar-refractivity contribution in [3.05, 3.63) is 36.6 Å². The topological polar surface area (TPSA) is 0 Å². The molecule has 0 nitrogen and oxygen atoms in total. The van der Waals surface area contributed by atoms with E-state index in [2.05, 4.69) is 27.2 Å². The second-order valence-electron chi connectivity index (χ2n) is 2.08. The molecule has 2 radical (unpaired) electrons. The summed E-state index contributed by atoms with van der Waals surface area (Å²) in [4.78, 5) is 0. The molecule has 0 heterocycles. The molecule has 0 fully saturated rings. The van der Waals surface area contributed by atoms with E-state index in [1.165, 1.54) is 11.1 Å². The minimum atomic E-state index is 1.46. The molecule has 9 heavy (non-hydrogen) atoms. The van der Waals surface area contributed by atoms with E-state index in [9.17, 15) is 0 Å². The first-order valence-electron chi connectivity index (χ1n) is 3.15. The average Bonchev–Trinajstić information content (AvgIpc) is 2.47. The van der Waals surface area contributed by atoms with Crippen LogP contribution in [-0.4, -0.2) is 0 Å². The smallest absolute Gasteiger partial charge is 0.0110 e. The molecule has 0 amide bonds. The van der Waals surface area contributed by atoms with E-state index >= 15 is 0 Å². The lowest BCUT2D eigenvalue weighted by Gasteiger charge is -1.49. The fraction of sp³-hybridized carbons (Fsp3) is 0.333. The van der Waals surface area contributed by atoms with Crippen LogP contribution in [0.1, 0.15) is 20.8 Å². The summed E-state index contributed by atoms with van der Waals surface area (Å²) in [5.74, 6) is 0. The highest BCUT2D eigenvalue weighted by molar-refractivity contribution is 5.46. The molecule has 0 N–H and O–H groups in total. The van der Waals surface area contributed by atoms with Gasteiger partial charge in [0.25, 0.3) is 0 Å². The summed E-state index contributed by atoms with van der Waals surface area (Å²) in [5.41, 5.74) is 2.93. The molecule has 0 aliphatic heterocycles. The summed E-state index contributed by atoms with van der Waals surface area (Å²) in [6, 6.07) is 0. The van der Waals surface area contributed by atoms with E-state index in [4.69, 9.17) is 0 Å². The van der Waals surface area contributed by atoms with Crippen molar-refractivity contribution in [3.8, 4) is 0 Å². The molecule has 0 saturated heterocycles. The van der Waals surface area contributed by atoms with Crippen LogP contribution >= 0.6 is 0 Å². The second kappa shape index (κ2) is 4.37. The quantitative estimate of drug-likeness (QED) is 0.463. The van der Waals surface area contributed by atoms with Crippen LogP contribution in [0.25, 0.3) is 0 Å². The van der Waals surface area contributed by atoms with E-state index < -0.39 is 0 Å². The van der Waals surface area contributed by atoms with Gasteiger partial charge in [-0.25, -0.2) is 0 Å². The van der Waals surface area contributed by atoms with Gasteiger partial charge in [0.1, 0.15) is 0 Å². The average molecular weight is 122 g/mol. The SMILES string of the molecule is CC1=C(C)[CH]1.[CH2]C=CC. The van der Waals surface area contributed by atoms with Crippen molar-refractivity contribution in [3.63, 3.8) is 0 Å². The highest BCUT2D eigenvalue weighted by atomic mass is 14.1. The zero-order chi connectivity index (χ0) is 7.28. The van der Waals surface area contributed by atoms with Crippen LogP contribution in [0.15, 0.2) is 23.3 Å². The molecule has 0 aromatic rings. The number of hydrogen-bond donors (Lipinski definition) is 0. The third kappa shape index (κ3) is 5.35. The maximum absolute atomic E-state index is 3.42. The molecular weight excluding hydrogens is 108 g/mol. The van der Waals surface area contributed by atoms with Crippen LogP contribution in [0, 0.1) is 13.3 Å². The third-order valence-corrected chi connectivity index (χ3v) is 1.21. The highest BCUT2D eigenvalue weighted by Crippen LogP contribution is 2.26. The van der Waals surface area contributed by atoms with E-state index in [1.54, 1.807) is 6.08 Å². The van der Waals surface area contributed by atoms with Gasteiger partial charge in [-0.05, 0) is 27.7 Å². The number of hydrogen-bond acceptors (Lipinski definition) is 0. The van der Waals surface area contributed by atoms with E-state index in [0.29, 0.717) is 0 Å². The monoisotopic (exact) mass is 122 g/mol. The largest absolute Gasteiger partial charge is 0.0917 e. The van der Waals surface area contributed by atoms with Gasteiger partial charge in [-0.1, -0.05) is 23.3 Å². The van der Waals surface area contributed by atoms with Gasteiger partial charge >= 0.3 is 0 Å². The summed E-state index contributed by atoms with van der Waals surface area (Å²) in [5, 5.41) is 0. The molecule has 0 saturated carbocycles. The zero-order valence-electron chi connectivity index (χ0n) is 6.44. The second-order valence-corrected chi connectivity index (χ2v) is 2.08. The first kappa shape index (κ1) is 8.48. The van der Waals surface area contributed by atoms with E-state index in [-0.39, 0.29) is 0 Å². The first-order valence-corrected chi connectivity index (χ1v) is 3.15. The van der Waals surface area contributed by atoms with E-state index in [0.717, 1.165) is 0 Å². The molecule has 1 aliphatic carbocycles. The lowest BCUT2D eigenvalue weighted by Crippen LogP contribution is -1.29. The normalized spacial score (nSPS) is 15.6. The number of allylic oxidation sites excluding steroid dienone is 4. The minimum Gasteiger partial charge on any atom is -0.0917 e. The van der Waals surface area contributed by atoms with Gasteiger partial charge in [0.05, 0.1) is 0 Å². The maximum Gasteiger partial charge on any atom is 0.0110 e. The molecular formula is C9H14. The number of rotatable bonds is 0. The predicted octanol–water partition coefficient (Wildman–Crippen LogP) is 2.94. The van der Waals surface area contributed by atoms with Gasteiger partial charge < -0.3 is 0 Å². The van der Waals surface area contributed by atoms with Crippen molar-refractivity contribution < 1.29 is 0 Å². The molecule has 0 spiro atoms. The summed E-state index contributed by atoms with van der Waals surface area (Å²) in [6.07, 6.45) is 5.81. The Bertz CT molecular complexity index is 113. The molecule has 1 rings (SSSR count). The lowest BCUT2D eigenvalue weighted by molar-refractivity contribution is 1.64. The van der Waals surface area contributed by atoms with E-state index in [1.807, 2.05) is 13.0 Å². The summed E-state index contributed by atoms with van der Waals surface area (Å²) in [6.45, 7) is 9.60. The Labute approximate surface area is 58.3 Å². The fourth-order valence-electron chi connectivity index (χ4n) is 0.289. The highest BCUT2D eigenvalue weighted by Gasteiger charge is 2.08. The van der Waals surface area contributed by atoms with Crippen LogP contribution in [0.3, 0.4) is 0 Å². The lowest BCUT2D eigenvalue weighted by atomic mass is 10.6. The molecule has 1 aliphatic rings. The predicted molar refractivity (Wildman–Crippen MR) is 42.8 cm³/mol. The Kier molecular flexibility index (Phi) is 4.12. The Hall–Kier alpha value is -0.520. The molecule has 50 valence electrons. The molecule has 0 heteroatoms. The van der Waals surface area contributed by atoms with Gasteiger partial charge in [0.2, 0.25) is 0 Å². The molecule has 0 unspecified atom stereocenters. The zero-order valence-corrected chi connectivity index (χ0v) is 6.44. The standard InChI is InChI=1S/C5H7.C4H7/c1-4-3-5(4)2;1-3-4-2/h3H,1-2H3;3-4H,1H2,2H3. The van der Waals surface area contributed by atoms with Crippen molar-refractivity contribution >= 4 is 0 Å². The van der Waals surface area contributed by atoms with Gasteiger partial charge in [-0.2, -0.15) is 0 Å². The summed E-state index contributed by atoms with van der Waals surface area (Å²) in [7, 11) is 0. The summed E-state index contributed by atoms with van der Waals surface area (Å²) < 4.78 is 0. The Morgan fingerprint density at radius 3 is 1.56 bits per heavy atom. The van der Waals surface area contributed by atoms with Crippen molar-refractivity contribution in [1.82, 2.24) is 0 Å². The first-order chi connectivity index (χ1) is 4.22. The van der Waals surface area contributed by atoms with Crippen LogP contribution in [0.2, 0.25) is 0 Å². The maximum atomic E-state index is 3.42. The van der Waals surface area contributed by atoms with Gasteiger partial charge in [-0.15, -0.1) is 0 Å². The minimum absolute atomic E-state index is 1.46. The Morgan fingerprint density at radius 2 is 1.56 bits per heavy atom. The fourth-order valence-corrected chi connectivity index (χ4v) is 0.289. The van der Waals surface area contributed by atoms with Gasteiger partial charge in [0.15, 0.2) is 0 Å². The Balaban J connectivity index is 0.000000148. The summed E-state index contributed by atoms with van der Waals surface area (Å²) >= 11 is 0. The van der Waals surface area contributed by atoms with Crippen molar-refractivity contribution in [1.29, 1.82) is 0 Å². The molecule has 0 bridgehead atoms. The van der Waals surface area contributed by atoms with Crippen LogP contribution in [0.4, 0.5) is 0 Å². The third-order valence-electron chi connectivity index (χ3n) is 1.21. The Morgan fingerprint density at radius 1 is 1.33 bits per heavy atom. The van der Waals surface area contributed by atoms with Crippen LogP contribution in [0.5, 0.6) is 0 Å². The molecule has 0 atom stereocenters. The van der Waals surface area contributed by atoms with Crippen LogP contribution < -0.4 is 0 Å². The van der Waals surface area contributed by atoms with Crippen molar-refractivity contribution in [2.45, 2.75) is 20.8 Å². The molecule has 0 aromatic heterocycles.